The van der Waals surface area contributed by atoms with Crippen molar-refractivity contribution in [2.24, 2.45) is 5.92 Å². The first-order valence-electron chi connectivity index (χ1n) is 7.17. The molecule has 0 radical (unpaired) electrons. The molecule has 2 heterocycles. The van der Waals surface area contributed by atoms with Crippen molar-refractivity contribution in [3.8, 4) is 0 Å². The molecule has 0 saturated carbocycles. The lowest BCUT2D eigenvalue weighted by Gasteiger charge is -2.47. The van der Waals surface area contributed by atoms with Gasteiger partial charge in [-0.3, -0.25) is 4.79 Å². The second-order valence-electron chi connectivity index (χ2n) is 6.23. The third-order valence-electron chi connectivity index (χ3n) is 3.86. The lowest BCUT2D eigenvalue weighted by Crippen LogP contribution is -2.59. The van der Waals surface area contributed by atoms with Gasteiger partial charge in [0.15, 0.2) is 0 Å². The molecule has 1 N–H and O–H groups in total. The summed E-state index contributed by atoms with van der Waals surface area (Å²) in [5, 5.41) is 3.36. The largest absolute Gasteiger partial charge is 0.368 e. The average molecular weight is 254 g/mol. The van der Waals surface area contributed by atoms with Crippen LogP contribution in [-0.4, -0.2) is 48.7 Å². The molecule has 1 unspecified atom stereocenters. The molecule has 0 aromatic carbocycles. The maximum atomic E-state index is 12.2. The molecule has 2 aliphatic rings. The van der Waals surface area contributed by atoms with Gasteiger partial charge >= 0.3 is 0 Å². The molecule has 1 atom stereocenters. The van der Waals surface area contributed by atoms with E-state index in [0.29, 0.717) is 12.3 Å². The van der Waals surface area contributed by atoms with Gasteiger partial charge < -0.3 is 15.0 Å². The van der Waals surface area contributed by atoms with Crippen molar-refractivity contribution in [3.63, 3.8) is 0 Å². The van der Waals surface area contributed by atoms with Crippen LogP contribution in [0.3, 0.4) is 0 Å². The summed E-state index contributed by atoms with van der Waals surface area (Å²) >= 11 is 0. The number of hydrogen-bond donors (Lipinski definition) is 1. The van der Waals surface area contributed by atoms with Crippen LogP contribution in [0, 0.1) is 5.92 Å². The lowest BCUT2D eigenvalue weighted by molar-refractivity contribution is -0.174. The molecule has 1 spiro atoms. The van der Waals surface area contributed by atoms with Gasteiger partial charge in [-0.25, -0.2) is 0 Å². The fraction of sp³-hybridized carbons (Fsp3) is 0.929. The standard InChI is InChI=1S/C14H26N2O2/c1-11(2)8-13(17)16-9-12(3)18-14(10-16)4-6-15-7-5-14/h11-12,15H,4-10H2,1-3H3. The fourth-order valence-electron chi connectivity index (χ4n) is 3.05. The number of nitrogens with zero attached hydrogens (tertiary/aromatic N) is 1. The highest BCUT2D eigenvalue weighted by Crippen LogP contribution is 2.30. The Labute approximate surface area is 110 Å². The molecule has 2 aliphatic heterocycles. The lowest BCUT2D eigenvalue weighted by atomic mass is 9.89. The molecule has 0 aromatic heterocycles. The smallest absolute Gasteiger partial charge is 0.223 e. The third kappa shape index (κ3) is 3.23. The van der Waals surface area contributed by atoms with Crippen LogP contribution in [0.5, 0.6) is 0 Å². The topological polar surface area (TPSA) is 41.6 Å². The van der Waals surface area contributed by atoms with Crippen LogP contribution in [-0.2, 0) is 9.53 Å². The first kappa shape index (κ1) is 13.8. The van der Waals surface area contributed by atoms with E-state index in [1.807, 2.05) is 4.90 Å². The van der Waals surface area contributed by atoms with E-state index in [-0.39, 0.29) is 17.6 Å². The zero-order valence-corrected chi connectivity index (χ0v) is 11.9. The second-order valence-corrected chi connectivity index (χ2v) is 6.23. The van der Waals surface area contributed by atoms with Gasteiger partial charge in [-0.15, -0.1) is 0 Å². The SMILES string of the molecule is CC(C)CC(=O)N1CC(C)OC2(CCNCC2)C1. The van der Waals surface area contributed by atoms with Crippen LogP contribution in [0.15, 0.2) is 0 Å². The minimum absolute atomic E-state index is 0.0877. The van der Waals surface area contributed by atoms with Gasteiger partial charge in [0.25, 0.3) is 0 Å². The first-order valence-corrected chi connectivity index (χ1v) is 7.17. The van der Waals surface area contributed by atoms with Crippen molar-refractivity contribution >= 4 is 5.91 Å². The molecule has 2 saturated heterocycles. The minimum atomic E-state index is -0.0877. The normalized spacial score (nSPS) is 27.8. The number of piperidine rings is 1. The molecule has 4 heteroatoms. The van der Waals surface area contributed by atoms with Crippen LogP contribution >= 0.6 is 0 Å². The van der Waals surface area contributed by atoms with Gasteiger partial charge in [0.2, 0.25) is 5.91 Å². The van der Waals surface area contributed by atoms with Gasteiger partial charge in [-0.2, -0.15) is 0 Å². The van der Waals surface area contributed by atoms with Crippen LogP contribution in [0.1, 0.15) is 40.0 Å². The van der Waals surface area contributed by atoms with E-state index in [0.717, 1.165) is 39.0 Å². The Morgan fingerprint density at radius 1 is 1.44 bits per heavy atom. The molecule has 18 heavy (non-hydrogen) atoms. The number of morpholine rings is 1. The minimum Gasteiger partial charge on any atom is -0.368 e. The number of rotatable bonds is 2. The maximum Gasteiger partial charge on any atom is 0.223 e. The van der Waals surface area contributed by atoms with E-state index < -0.39 is 0 Å². The van der Waals surface area contributed by atoms with E-state index in [1.54, 1.807) is 0 Å². The summed E-state index contributed by atoms with van der Waals surface area (Å²) in [5.41, 5.74) is -0.0877. The third-order valence-corrected chi connectivity index (χ3v) is 3.86. The summed E-state index contributed by atoms with van der Waals surface area (Å²) in [6.07, 6.45) is 2.85. The van der Waals surface area contributed by atoms with Crippen molar-refractivity contribution in [1.82, 2.24) is 10.2 Å². The van der Waals surface area contributed by atoms with Crippen LogP contribution in [0.2, 0.25) is 0 Å². The zero-order valence-electron chi connectivity index (χ0n) is 11.9. The molecular weight excluding hydrogens is 228 g/mol. The van der Waals surface area contributed by atoms with Crippen molar-refractivity contribution in [2.75, 3.05) is 26.2 Å². The van der Waals surface area contributed by atoms with E-state index in [4.69, 9.17) is 4.74 Å². The quantitative estimate of drug-likeness (QED) is 0.810. The molecule has 0 aromatic rings. The maximum absolute atomic E-state index is 12.2. The Kier molecular flexibility index (Phi) is 4.28. The second kappa shape index (κ2) is 5.57. The Hall–Kier alpha value is -0.610. The number of hydrogen-bond acceptors (Lipinski definition) is 3. The monoisotopic (exact) mass is 254 g/mol. The number of carbonyl (C=O) groups is 1. The number of carbonyl (C=O) groups excluding carboxylic acids is 1. The highest BCUT2D eigenvalue weighted by Gasteiger charge is 2.41. The molecular formula is C14H26N2O2. The van der Waals surface area contributed by atoms with Gasteiger partial charge in [0, 0.05) is 19.5 Å². The number of amides is 1. The molecule has 1 amide bonds. The van der Waals surface area contributed by atoms with Crippen LogP contribution in [0.25, 0.3) is 0 Å². The van der Waals surface area contributed by atoms with E-state index in [9.17, 15) is 4.79 Å². The summed E-state index contributed by atoms with van der Waals surface area (Å²) in [5.74, 6) is 0.720. The summed E-state index contributed by atoms with van der Waals surface area (Å²) in [6, 6.07) is 0. The molecule has 2 rings (SSSR count). The van der Waals surface area contributed by atoms with E-state index in [1.165, 1.54) is 0 Å². The number of ether oxygens (including phenoxy) is 1. The Balaban J connectivity index is 2.01. The summed E-state index contributed by atoms with van der Waals surface area (Å²) < 4.78 is 6.17. The predicted molar refractivity (Wildman–Crippen MR) is 71.4 cm³/mol. The molecule has 0 aliphatic carbocycles. The van der Waals surface area contributed by atoms with Gasteiger partial charge in [-0.1, -0.05) is 13.8 Å². The Bertz CT molecular complexity index is 298. The van der Waals surface area contributed by atoms with Gasteiger partial charge in [-0.05, 0) is 38.8 Å². The summed E-state index contributed by atoms with van der Waals surface area (Å²) in [4.78, 5) is 14.3. The van der Waals surface area contributed by atoms with Crippen molar-refractivity contribution in [2.45, 2.75) is 51.7 Å². The highest BCUT2D eigenvalue weighted by molar-refractivity contribution is 5.76. The van der Waals surface area contributed by atoms with E-state index in [2.05, 4.69) is 26.1 Å². The highest BCUT2D eigenvalue weighted by atomic mass is 16.5. The zero-order chi connectivity index (χ0) is 13.2. The first-order chi connectivity index (χ1) is 8.51. The van der Waals surface area contributed by atoms with Crippen molar-refractivity contribution in [3.05, 3.63) is 0 Å². The molecule has 2 fully saturated rings. The van der Waals surface area contributed by atoms with Crippen LogP contribution in [0.4, 0.5) is 0 Å². The predicted octanol–water partition coefficient (Wildman–Crippen LogP) is 1.40. The van der Waals surface area contributed by atoms with Crippen LogP contribution < -0.4 is 5.32 Å². The molecule has 4 nitrogen and oxygen atoms in total. The summed E-state index contributed by atoms with van der Waals surface area (Å²) in [7, 11) is 0. The summed E-state index contributed by atoms with van der Waals surface area (Å²) in [6.45, 7) is 9.81. The Morgan fingerprint density at radius 3 is 2.72 bits per heavy atom. The molecule has 0 bridgehead atoms. The van der Waals surface area contributed by atoms with E-state index >= 15 is 0 Å². The number of nitrogens with one attached hydrogen (secondary N) is 1. The van der Waals surface area contributed by atoms with Crippen molar-refractivity contribution in [1.29, 1.82) is 0 Å². The Morgan fingerprint density at radius 2 is 2.11 bits per heavy atom. The fourth-order valence-corrected chi connectivity index (χ4v) is 3.05. The average Bonchev–Trinajstić information content (AvgIpc) is 2.27. The molecule has 104 valence electrons. The van der Waals surface area contributed by atoms with Crippen molar-refractivity contribution < 1.29 is 9.53 Å². The van der Waals surface area contributed by atoms with Gasteiger partial charge in [0.05, 0.1) is 11.7 Å². The van der Waals surface area contributed by atoms with Gasteiger partial charge in [0.1, 0.15) is 0 Å².